The second-order valence-electron chi connectivity index (χ2n) is 4.93. The number of hydrogen-bond donors (Lipinski definition) is 1. The Hall–Kier alpha value is -0.610. The molecule has 0 aromatic carbocycles. The first-order chi connectivity index (χ1) is 7.40. The summed E-state index contributed by atoms with van der Waals surface area (Å²) in [5.74, 6) is 0. The summed E-state index contributed by atoms with van der Waals surface area (Å²) in [6, 6.07) is 0. The van der Waals surface area contributed by atoms with Crippen LogP contribution in [0.15, 0.2) is 0 Å². The summed E-state index contributed by atoms with van der Waals surface area (Å²) in [6.45, 7) is 10.1. The van der Waals surface area contributed by atoms with Gasteiger partial charge in [0, 0.05) is 6.54 Å². The van der Waals surface area contributed by atoms with E-state index in [1.165, 1.54) is 12.8 Å². The number of aliphatic hydroxyl groups excluding tert-OH is 1. The van der Waals surface area contributed by atoms with Gasteiger partial charge >= 0.3 is 0 Å². The predicted molar refractivity (Wildman–Crippen MR) is 64.0 cm³/mol. The van der Waals surface area contributed by atoms with Gasteiger partial charge < -0.3 is 9.84 Å². The van der Waals surface area contributed by atoms with Crippen molar-refractivity contribution in [3.05, 3.63) is 0 Å². The Morgan fingerprint density at radius 2 is 2.06 bits per heavy atom. The van der Waals surface area contributed by atoms with Gasteiger partial charge in [-0.25, -0.2) is 0 Å². The second kappa shape index (κ2) is 7.63. The van der Waals surface area contributed by atoms with Gasteiger partial charge in [-0.15, -0.1) is 0 Å². The van der Waals surface area contributed by atoms with E-state index in [1.54, 1.807) is 0 Å². The van der Waals surface area contributed by atoms with Crippen LogP contribution in [0, 0.1) is 0 Å². The largest absolute Gasteiger partial charge is 0.462 e. The van der Waals surface area contributed by atoms with Crippen molar-refractivity contribution in [3.8, 4) is 0 Å². The lowest BCUT2D eigenvalue weighted by atomic mass is 10.1. The zero-order valence-corrected chi connectivity index (χ0v) is 10.9. The normalized spacial score (nSPS) is 21.9. The van der Waals surface area contributed by atoms with E-state index >= 15 is 0 Å². The lowest BCUT2D eigenvalue weighted by Gasteiger charge is -2.30. The van der Waals surface area contributed by atoms with Crippen LogP contribution in [0.1, 0.15) is 47.0 Å². The number of hydrogen-bond acceptors (Lipinski definition) is 4. The number of carbonyl (C=O) groups excluding carboxylic acids is 1. The minimum atomic E-state index is -0.318. The summed E-state index contributed by atoms with van der Waals surface area (Å²) in [4.78, 5) is 11.7. The molecule has 0 aliphatic carbocycles. The molecule has 4 nitrogen and oxygen atoms in total. The number of ether oxygens (including phenoxy) is 1. The van der Waals surface area contributed by atoms with Crippen LogP contribution in [0.5, 0.6) is 0 Å². The second-order valence-corrected chi connectivity index (χ2v) is 4.93. The third-order valence-corrected chi connectivity index (χ3v) is 2.39. The Balaban J connectivity index is 0.000000293. The van der Waals surface area contributed by atoms with Crippen molar-refractivity contribution in [1.29, 1.82) is 0 Å². The maximum atomic E-state index is 9.60. The summed E-state index contributed by atoms with van der Waals surface area (Å²) < 4.78 is 4.55. The van der Waals surface area contributed by atoms with E-state index in [-0.39, 0.29) is 11.8 Å². The molecule has 1 atom stereocenters. The summed E-state index contributed by atoms with van der Waals surface area (Å²) in [5, 5.41) is 9.29. The van der Waals surface area contributed by atoms with Crippen molar-refractivity contribution in [1.82, 2.24) is 4.90 Å². The number of nitrogens with zero attached hydrogens (tertiary/aromatic N) is 1. The molecule has 0 radical (unpaired) electrons. The van der Waals surface area contributed by atoms with Gasteiger partial charge in [-0.3, -0.25) is 9.69 Å². The van der Waals surface area contributed by atoms with Gasteiger partial charge in [0.25, 0.3) is 6.47 Å². The first-order valence-electron chi connectivity index (χ1n) is 5.94. The Bertz CT molecular complexity index is 189. The van der Waals surface area contributed by atoms with E-state index in [4.69, 9.17) is 0 Å². The van der Waals surface area contributed by atoms with E-state index in [0.717, 1.165) is 19.5 Å². The van der Waals surface area contributed by atoms with Crippen molar-refractivity contribution in [3.63, 3.8) is 0 Å². The van der Waals surface area contributed by atoms with Crippen molar-refractivity contribution < 1.29 is 14.6 Å². The highest BCUT2D eigenvalue weighted by Crippen LogP contribution is 2.13. The molecule has 0 amide bonds. The van der Waals surface area contributed by atoms with Crippen LogP contribution < -0.4 is 0 Å². The van der Waals surface area contributed by atoms with Crippen molar-refractivity contribution in [2.75, 3.05) is 13.1 Å². The van der Waals surface area contributed by atoms with Gasteiger partial charge in [0.1, 0.15) is 11.8 Å². The molecule has 96 valence electrons. The zero-order valence-electron chi connectivity index (χ0n) is 10.9. The van der Waals surface area contributed by atoms with Crippen LogP contribution in [-0.2, 0) is 9.53 Å². The lowest BCUT2D eigenvalue weighted by Crippen LogP contribution is -2.38. The summed E-state index contributed by atoms with van der Waals surface area (Å²) in [6.07, 6.45) is 3.26. The van der Waals surface area contributed by atoms with Crippen LogP contribution in [-0.4, -0.2) is 41.4 Å². The van der Waals surface area contributed by atoms with Gasteiger partial charge in [-0.1, -0.05) is 6.92 Å². The number of rotatable bonds is 2. The SMILES string of the molecule is CC(C)(C)OC=O.CCN1CCCCC1O. The summed E-state index contributed by atoms with van der Waals surface area (Å²) in [5.41, 5.74) is -0.318. The van der Waals surface area contributed by atoms with Gasteiger partial charge in [-0.2, -0.15) is 0 Å². The molecule has 0 bridgehead atoms. The van der Waals surface area contributed by atoms with Crippen molar-refractivity contribution in [2.24, 2.45) is 0 Å². The van der Waals surface area contributed by atoms with Gasteiger partial charge in [0.05, 0.1) is 0 Å². The number of piperidine rings is 1. The van der Waals surface area contributed by atoms with Gasteiger partial charge in [0.15, 0.2) is 0 Å². The van der Waals surface area contributed by atoms with E-state index in [2.05, 4.69) is 16.6 Å². The highest BCUT2D eigenvalue weighted by atomic mass is 16.5. The molecule has 16 heavy (non-hydrogen) atoms. The molecule has 1 saturated heterocycles. The third-order valence-electron chi connectivity index (χ3n) is 2.39. The standard InChI is InChI=1S/C7H15NO.C5H10O2/c1-2-8-6-4-3-5-7(8)9;1-5(2,3)7-4-6/h7,9H,2-6H2,1H3;4H,1-3H3. The Morgan fingerprint density at radius 3 is 2.31 bits per heavy atom. The minimum Gasteiger partial charge on any atom is -0.462 e. The molecule has 0 aromatic rings. The first kappa shape index (κ1) is 15.4. The topological polar surface area (TPSA) is 49.8 Å². The molecule has 4 heteroatoms. The molecule has 0 aromatic heterocycles. The Labute approximate surface area is 98.6 Å². The van der Waals surface area contributed by atoms with Gasteiger partial charge in [-0.05, 0) is 46.6 Å². The molecule has 1 heterocycles. The van der Waals surface area contributed by atoms with E-state index in [9.17, 15) is 9.90 Å². The lowest BCUT2D eigenvalue weighted by molar-refractivity contribution is -0.138. The molecule has 1 fully saturated rings. The third kappa shape index (κ3) is 7.65. The quantitative estimate of drug-likeness (QED) is 0.736. The molecular weight excluding hydrogens is 206 g/mol. The van der Waals surface area contributed by atoms with E-state index in [0.29, 0.717) is 6.47 Å². The van der Waals surface area contributed by atoms with Crippen molar-refractivity contribution in [2.45, 2.75) is 58.8 Å². The van der Waals surface area contributed by atoms with Crippen LogP contribution in [0.3, 0.4) is 0 Å². The fourth-order valence-electron chi connectivity index (χ4n) is 1.49. The summed E-state index contributed by atoms with van der Waals surface area (Å²) in [7, 11) is 0. The fourth-order valence-corrected chi connectivity index (χ4v) is 1.49. The highest BCUT2D eigenvalue weighted by molar-refractivity contribution is 5.37. The van der Waals surface area contributed by atoms with E-state index < -0.39 is 0 Å². The Kier molecular flexibility index (Phi) is 7.34. The fraction of sp³-hybridized carbons (Fsp3) is 0.917. The number of carbonyl (C=O) groups is 1. The maximum Gasteiger partial charge on any atom is 0.293 e. The number of likely N-dealkylation sites (tertiary alicyclic amines) is 1. The first-order valence-corrected chi connectivity index (χ1v) is 5.94. The van der Waals surface area contributed by atoms with Crippen LogP contribution >= 0.6 is 0 Å². The molecule has 1 unspecified atom stereocenters. The average Bonchev–Trinajstić information content (AvgIpc) is 2.17. The number of aliphatic hydroxyl groups is 1. The average molecular weight is 231 g/mol. The molecule has 1 N–H and O–H groups in total. The smallest absolute Gasteiger partial charge is 0.293 e. The molecule has 1 aliphatic heterocycles. The minimum absolute atomic E-state index is 0.149. The maximum absolute atomic E-state index is 9.60. The van der Waals surface area contributed by atoms with Crippen LogP contribution in [0.25, 0.3) is 0 Å². The molecule has 0 spiro atoms. The van der Waals surface area contributed by atoms with Crippen molar-refractivity contribution >= 4 is 6.47 Å². The van der Waals surface area contributed by atoms with Gasteiger partial charge in [0.2, 0.25) is 0 Å². The van der Waals surface area contributed by atoms with Crippen LogP contribution in [0.4, 0.5) is 0 Å². The summed E-state index contributed by atoms with van der Waals surface area (Å²) >= 11 is 0. The molecule has 1 rings (SSSR count). The molecule has 1 aliphatic rings. The monoisotopic (exact) mass is 231 g/mol. The molecule has 0 saturated carbocycles. The predicted octanol–water partition coefficient (Wildman–Crippen LogP) is 1.77. The highest BCUT2D eigenvalue weighted by Gasteiger charge is 2.16. The van der Waals surface area contributed by atoms with E-state index in [1.807, 2.05) is 20.8 Å². The Morgan fingerprint density at radius 1 is 1.44 bits per heavy atom. The van der Waals surface area contributed by atoms with Crippen LogP contribution in [0.2, 0.25) is 0 Å². The molecular formula is C12H25NO3. The zero-order chi connectivity index (χ0) is 12.6.